The summed E-state index contributed by atoms with van der Waals surface area (Å²) in [6, 6.07) is 5.23. The van der Waals surface area contributed by atoms with Crippen LogP contribution in [-0.2, 0) is 10.0 Å². The molecule has 3 heterocycles. The molecule has 0 aliphatic heterocycles. The summed E-state index contributed by atoms with van der Waals surface area (Å²) in [4.78, 5) is 9.72. The first kappa shape index (κ1) is 21.5. The SMILES string of the molecule is C#Cc1c(C)nc(-c2ccc(S(=O)(=O)NC(C)(C)C)s2)nc1Nc1cc(C2CC2)[nH]n1. The van der Waals surface area contributed by atoms with Crippen molar-refractivity contribution in [3.8, 4) is 23.0 Å². The van der Waals surface area contributed by atoms with Crippen LogP contribution in [0.5, 0.6) is 0 Å². The first-order valence-electron chi connectivity index (χ1n) is 9.87. The van der Waals surface area contributed by atoms with Crippen LogP contribution < -0.4 is 10.0 Å². The zero-order valence-electron chi connectivity index (χ0n) is 17.8. The average molecular weight is 457 g/mol. The van der Waals surface area contributed by atoms with Gasteiger partial charge in [0.2, 0.25) is 0 Å². The molecule has 1 aliphatic rings. The number of aromatic nitrogens is 4. The highest BCUT2D eigenvalue weighted by molar-refractivity contribution is 7.91. The number of anilines is 2. The number of sulfonamides is 1. The lowest BCUT2D eigenvalue weighted by atomic mass is 10.1. The van der Waals surface area contributed by atoms with E-state index in [0.717, 1.165) is 17.0 Å². The van der Waals surface area contributed by atoms with E-state index in [1.807, 2.05) is 6.07 Å². The van der Waals surface area contributed by atoms with Crippen molar-refractivity contribution in [2.24, 2.45) is 0 Å². The molecule has 0 spiro atoms. The Labute approximate surface area is 186 Å². The largest absolute Gasteiger partial charge is 0.322 e. The molecule has 1 saturated carbocycles. The maximum absolute atomic E-state index is 12.6. The molecule has 0 bridgehead atoms. The Kier molecular flexibility index (Phi) is 5.37. The fourth-order valence-corrected chi connectivity index (χ4v) is 5.77. The fraction of sp³-hybridized carbons (Fsp3) is 0.381. The predicted octanol–water partition coefficient (Wildman–Crippen LogP) is 3.92. The van der Waals surface area contributed by atoms with E-state index in [2.05, 4.69) is 36.1 Å². The van der Waals surface area contributed by atoms with Crippen LogP contribution >= 0.6 is 11.3 Å². The van der Waals surface area contributed by atoms with Gasteiger partial charge in [0.15, 0.2) is 17.5 Å². The van der Waals surface area contributed by atoms with Crippen LogP contribution in [0.2, 0.25) is 0 Å². The second-order valence-corrected chi connectivity index (χ2v) is 11.6. The van der Waals surface area contributed by atoms with Gasteiger partial charge < -0.3 is 5.32 Å². The summed E-state index contributed by atoms with van der Waals surface area (Å²) in [5.41, 5.74) is 1.68. The van der Waals surface area contributed by atoms with Crippen molar-refractivity contribution < 1.29 is 8.42 Å². The van der Waals surface area contributed by atoms with Crippen molar-refractivity contribution in [1.82, 2.24) is 24.9 Å². The van der Waals surface area contributed by atoms with Crippen molar-refractivity contribution in [1.29, 1.82) is 0 Å². The van der Waals surface area contributed by atoms with Crippen molar-refractivity contribution >= 4 is 33.0 Å². The number of thiophene rings is 1. The number of nitrogens with zero attached hydrogens (tertiary/aromatic N) is 3. The van der Waals surface area contributed by atoms with E-state index in [0.29, 0.717) is 39.5 Å². The summed E-state index contributed by atoms with van der Waals surface area (Å²) >= 11 is 1.11. The van der Waals surface area contributed by atoms with Gasteiger partial charge in [0.1, 0.15) is 4.21 Å². The molecule has 162 valence electrons. The molecular weight excluding hydrogens is 432 g/mol. The third-order valence-corrected chi connectivity index (χ3v) is 7.93. The topological polar surface area (TPSA) is 113 Å². The number of nitrogens with one attached hydrogen (secondary N) is 3. The summed E-state index contributed by atoms with van der Waals surface area (Å²) in [7, 11) is -3.64. The number of rotatable bonds is 6. The van der Waals surface area contributed by atoms with Gasteiger partial charge in [0, 0.05) is 23.2 Å². The van der Waals surface area contributed by atoms with Crippen molar-refractivity contribution in [2.75, 3.05) is 5.32 Å². The monoisotopic (exact) mass is 456 g/mol. The maximum Gasteiger partial charge on any atom is 0.250 e. The molecule has 3 aromatic rings. The number of terminal acetylenes is 1. The molecule has 3 aromatic heterocycles. The van der Waals surface area contributed by atoms with Gasteiger partial charge in [-0.2, -0.15) is 5.10 Å². The molecule has 1 aliphatic carbocycles. The minimum absolute atomic E-state index is 0.204. The Morgan fingerprint density at radius 1 is 1.26 bits per heavy atom. The third-order valence-electron chi connectivity index (χ3n) is 4.60. The van der Waals surface area contributed by atoms with Gasteiger partial charge in [-0.15, -0.1) is 17.8 Å². The summed E-state index contributed by atoms with van der Waals surface area (Å²) in [6.07, 6.45) is 8.03. The fourth-order valence-electron chi connectivity index (χ4n) is 3.11. The second-order valence-electron chi connectivity index (χ2n) is 8.58. The molecule has 3 N–H and O–H groups in total. The highest BCUT2D eigenvalue weighted by atomic mass is 32.2. The van der Waals surface area contributed by atoms with Gasteiger partial charge in [-0.25, -0.2) is 23.1 Å². The van der Waals surface area contributed by atoms with Crippen LogP contribution in [0, 0.1) is 19.3 Å². The summed E-state index contributed by atoms with van der Waals surface area (Å²) in [5, 5.41) is 10.5. The van der Waals surface area contributed by atoms with Gasteiger partial charge in [0.05, 0.1) is 16.1 Å². The van der Waals surface area contributed by atoms with E-state index in [-0.39, 0.29) is 4.21 Å². The van der Waals surface area contributed by atoms with E-state index in [9.17, 15) is 8.42 Å². The Hall–Kier alpha value is -2.74. The zero-order chi connectivity index (χ0) is 22.4. The van der Waals surface area contributed by atoms with E-state index in [1.165, 1.54) is 12.8 Å². The first-order valence-corrected chi connectivity index (χ1v) is 12.2. The lowest BCUT2D eigenvalue weighted by Gasteiger charge is -2.19. The number of hydrogen-bond donors (Lipinski definition) is 3. The van der Waals surface area contributed by atoms with Gasteiger partial charge in [-0.1, -0.05) is 5.92 Å². The van der Waals surface area contributed by atoms with Crippen LogP contribution in [0.4, 0.5) is 11.6 Å². The minimum atomic E-state index is -3.64. The lowest BCUT2D eigenvalue weighted by molar-refractivity contribution is 0.492. The van der Waals surface area contributed by atoms with Gasteiger partial charge in [0.25, 0.3) is 10.0 Å². The summed E-state index contributed by atoms with van der Waals surface area (Å²) in [5.74, 6) is 4.67. The second kappa shape index (κ2) is 7.75. The quantitative estimate of drug-likeness (QED) is 0.485. The maximum atomic E-state index is 12.6. The van der Waals surface area contributed by atoms with Crippen molar-refractivity contribution in [3.63, 3.8) is 0 Å². The molecule has 10 heteroatoms. The Morgan fingerprint density at radius 2 is 2.00 bits per heavy atom. The molecule has 4 rings (SSSR count). The van der Waals surface area contributed by atoms with Crippen molar-refractivity contribution in [2.45, 2.75) is 56.2 Å². The molecule has 8 nitrogen and oxygen atoms in total. The first-order chi connectivity index (χ1) is 14.6. The number of H-pyrrole nitrogens is 1. The molecule has 31 heavy (non-hydrogen) atoms. The van der Waals surface area contributed by atoms with Gasteiger partial charge >= 0.3 is 0 Å². The normalized spacial score (nSPS) is 14.4. The van der Waals surface area contributed by atoms with Crippen LogP contribution in [0.1, 0.15) is 56.5 Å². The Morgan fingerprint density at radius 3 is 2.65 bits per heavy atom. The zero-order valence-corrected chi connectivity index (χ0v) is 19.4. The predicted molar refractivity (Wildman–Crippen MR) is 122 cm³/mol. The molecule has 0 amide bonds. The van der Waals surface area contributed by atoms with Crippen LogP contribution in [-0.4, -0.2) is 34.1 Å². The molecule has 0 radical (unpaired) electrons. The Balaban J connectivity index is 1.66. The van der Waals surface area contributed by atoms with Crippen LogP contribution in [0.3, 0.4) is 0 Å². The molecule has 0 saturated heterocycles. The summed E-state index contributed by atoms with van der Waals surface area (Å²) in [6.45, 7) is 7.20. The standard InChI is InChI=1S/C21H24N6O2S2/c1-6-14-12(2)22-20(16-9-10-18(30-16)31(28,29)27-21(3,4)5)24-19(14)23-17-11-15(25-26-17)13-7-8-13/h1,9-11,13,27H,7-8H2,2-5H3,(H2,22,23,24,25,26). The molecule has 0 aromatic carbocycles. The number of aryl methyl sites for hydroxylation is 1. The average Bonchev–Trinajstić information content (AvgIpc) is 3.19. The van der Waals surface area contributed by atoms with Gasteiger partial charge in [-0.3, -0.25) is 5.10 Å². The van der Waals surface area contributed by atoms with E-state index < -0.39 is 15.6 Å². The van der Waals surface area contributed by atoms with E-state index >= 15 is 0 Å². The Bertz CT molecular complexity index is 1270. The molecule has 0 atom stereocenters. The number of hydrogen-bond acceptors (Lipinski definition) is 7. The van der Waals surface area contributed by atoms with E-state index in [1.54, 1.807) is 39.8 Å². The molecule has 1 fully saturated rings. The lowest BCUT2D eigenvalue weighted by Crippen LogP contribution is -2.40. The summed E-state index contributed by atoms with van der Waals surface area (Å²) < 4.78 is 28.1. The van der Waals surface area contributed by atoms with E-state index in [4.69, 9.17) is 6.42 Å². The molecule has 0 unspecified atom stereocenters. The molecular formula is C21H24N6O2S2. The van der Waals surface area contributed by atoms with Crippen LogP contribution in [0.25, 0.3) is 10.7 Å². The highest BCUT2D eigenvalue weighted by Gasteiger charge is 2.26. The minimum Gasteiger partial charge on any atom is -0.322 e. The third kappa shape index (κ3) is 4.79. The highest BCUT2D eigenvalue weighted by Crippen LogP contribution is 2.40. The van der Waals surface area contributed by atoms with Crippen molar-refractivity contribution in [3.05, 3.63) is 35.2 Å². The number of aromatic amines is 1. The smallest absolute Gasteiger partial charge is 0.250 e. The van der Waals surface area contributed by atoms with Crippen LogP contribution in [0.15, 0.2) is 22.4 Å². The van der Waals surface area contributed by atoms with Gasteiger partial charge in [-0.05, 0) is 52.7 Å².